The van der Waals surface area contributed by atoms with Gasteiger partial charge in [-0.1, -0.05) is 0 Å². The normalized spacial score (nSPS) is 13.3. The Labute approximate surface area is 122 Å². The maximum absolute atomic E-state index is 12.3. The Morgan fingerprint density at radius 2 is 1.86 bits per heavy atom. The van der Waals surface area contributed by atoms with E-state index in [4.69, 9.17) is 15.2 Å². The zero-order valence-corrected chi connectivity index (χ0v) is 12.2. The first-order chi connectivity index (χ1) is 9.94. The molecule has 1 unspecified atom stereocenters. The largest absolute Gasteiger partial charge is 0.481 e. The molecule has 0 saturated heterocycles. The van der Waals surface area contributed by atoms with Crippen molar-refractivity contribution >= 4 is 21.5 Å². The molecule has 21 heavy (non-hydrogen) atoms. The Morgan fingerprint density at radius 3 is 2.43 bits per heavy atom. The Balaban J connectivity index is 2.50. The number of nitrogens with zero attached hydrogens (tertiary/aromatic N) is 3. The minimum atomic E-state index is -3.66. The van der Waals surface area contributed by atoms with Gasteiger partial charge < -0.3 is 15.2 Å². The summed E-state index contributed by atoms with van der Waals surface area (Å²) in [5.74, 6) is 0.149. The summed E-state index contributed by atoms with van der Waals surface area (Å²) in [4.78, 5) is 7.88. The Bertz CT molecular complexity index is 732. The summed E-state index contributed by atoms with van der Waals surface area (Å²) in [6.45, 7) is 0. The third kappa shape index (κ3) is 3.58. The average Bonchev–Trinajstić information content (AvgIpc) is 2.46. The van der Waals surface area contributed by atoms with Crippen LogP contribution in [-0.4, -0.2) is 32.9 Å². The molecular formula is C12H14N4O4S. The highest BCUT2D eigenvalue weighted by Crippen LogP contribution is 2.23. The van der Waals surface area contributed by atoms with Crippen molar-refractivity contribution in [1.29, 1.82) is 0 Å². The fourth-order valence-corrected chi connectivity index (χ4v) is 2.40. The van der Waals surface area contributed by atoms with E-state index in [2.05, 4.69) is 14.3 Å². The average molecular weight is 310 g/mol. The quantitative estimate of drug-likeness (QED) is 0.825. The zero-order chi connectivity index (χ0) is 15.5. The molecule has 0 radical (unpaired) electrons. The van der Waals surface area contributed by atoms with E-state index in [1.807, 2.05) is 0 Å². The minimum absolute atomic E-state index is 0.0133. The summed E-state index contributed by atoms with van der Waals surface area (Å²) >= 11 is 0. The molecule has 1 aromatic heterocycles. The number of nitrogen functional groups attached to an aromatic ring is 1. The first-order valence-electron chi connectivity index (χ1n) is 5.77. The molecule has 1 heterocycles. The van der Waals surface area contributed by atoms with Gasteiger partial charge in [0.1, 0.15) is 0 Å². The van der Waals surface area contributed by atoms with Crippen LogP contribution in [0.5, 0.6) is 11.9 Å². The van der Waals surface area contributed by atoms with E-state index in [0.29, 0.717) is 5.69 Å². The number of benzene rings is 1. The summed E-state index contributed by atoms with van der Waals surface area (Å²) in [6.07, 6.45) is 0. The van der Waals surface area contributed by atoms with Crippen LogP contribution in [0.1, 0.15) is 0 Å². The predicted molar refractivity (Wildman–Crippen MR) is 77.1 cm³/mol. The number of methoxy groups -OCH3 is 2. The van der Waals surface area contributed by atoms with Crippen molar-refractivity contribution in [3.8, 4) is 11.9 Å². The zero-order valence-electron chi connectivity index (χ0n) is 11.4. The van der Waals surface area contributed by atoms with Crippen molar-refractivity contribution in [2.75, 3.05) is 20.0 Å². The second-order valence-electron chi connectivity index (χ2n) is 3.91. The second kappa shape index (κ2) is 5.94. The van der Waals surface area contributed by atoms with E-state index >= 15 is 0 Å². The number of hydrogen-bond donors (Lipinski definition) is 2. The first kappa shape index (κ1) is 15.0. The van der Waals surface area contributed by atoms with Gasteiger partial charge >= 0.3 is 6.01 Å². The molecule has 1 aromatic carbocycles. The molecule has 1 atom stereocenters. The number of nitrogens with two attached hydrogens (primary N) is 1. The van der Waals surface area contributed by atoms with E-state index in [0.717, 1.165) is 0 Å². The topological polar surface area (TPSA) is 120 Å². The molecule has 112 valence electrons. The Kier molecular flexibility index (Phi) is 4.24. The van der Waals surface area contributed by atoms with Gasteiger partial charge in [0.2, 0.25) is 5.88 Å². The lowest BCUT2D eigenvalue weighted by atomic mass is 10.3. The van der Waals surface area contributed by atoms with Crippen LogP contribution in [0.25, 0.3) is 0 Å². The van der Waals surface area contributed by atoms with Crippen LogP contribution in [0, 0.1) is 0 Å². The molecular weight excluding hydrogens is 296 g/mol. The molecule has 0 aliphatic rings. The Morgan fingerprint density at radius 1 is 1.19 bits per heavy atom. The van der Waals surface area contributed by atoms with Crippen LogP contribution < -0.4 is 15.2 Å². The highest BCUT2D eigenvalue weighted by Gasteiger charge is 2.11. The highest BCUT2D eigenvalue weighted by molar-refractivity contribution is 7.88. The van der Waals surface area contributed by atoms with Crippen LogP contribution in [0.4, 0.5) is 11.5 Å². The van der Waals surface area contributed by atoms with Crippen molar-refractivity contribution in [3.63, 3.8) is 0 Å². The first-order valence-corrected chi connectivity index (χ1v) is 7.24. The maximum Gasteiger partial charge on any atom is 0.321 e. The second-order valence-corrected chi connectivity index (χ2v) is 5.56. The van der Waals surface area contributed by atoms with Gasteiger partial charge in [0.05, 0.1) is 19.1 Å². The lowest BCUT2D eigenvalue weighted by Crippen LogP contribution is -2.00. The molecule has 8 nitrogen and oxygen atoms in total. The standard InChI is InChI=1S/C12H14N4O4S/c1-19-11-7-10(14-12(15-11)20-2)16-21(17,18)9-5-3-8(13)4-6-9/h3-7H,13H2,1-2H3,(H,14,15,16,17,18). The van der Waals surface area contributed by atoms with Crippen molar-refractivity contribution in [1.82, 2.24) is 9.97 Å². The van der Waals surface area contributed by atoms with Gasteiger partial charge in [-0.3, -0.25) is 4.55 Å². The van der Waals surface area contributed by atoms with Crippen molar-refractivity contribution in [2.45, 2.75) is 4.90 Å². The molecule has 0 aliphatic carbocycles. The third-order valence-corrected chi connectivity index (χ3v) is 3.79. The van der Waals surface area contributed by atoms with E-state index in [1.165, 1.54) is 44.6 Å². The summed E-state index contributed by atoms with van der Waals surface area (Å²) in [5.41, 5.74) is 6.03. The van der Waals surface area contributed by atoms with E-state index in [9.17, 15) is 8.76 Å². The molecule has 0 saturated carbocycles. The predicted octanol–water partition coefficient (Wildman–Crippen LogP) is 1.71. The van der Waals surface area contributed by atoms with Gasteiger partial charge in [0.15, 0.2) is 15.8 Å². The number of ether oxygens (including phenoxy) is 2. The third-order valence-electron chi connectivity index (χ3n) is 2.46. The van der Waals surface area contributed by atoms with Crippen molar-refractivity contribution < 1.29 is 18.2 Å². The molecule has 9 heteroatoms. The smallest absolute Gasteiger partial charge is 0.321 e. The van der Waals surface area contributed by atoms with Gasteiger partial charge in [0, 0.05) is 11.8 Å². The van der Waals surface area contributed by atoms with E-state index in [1.54, 1.807) is 0 Å². The van der Waals surface area contributed by atoms with E-state index in [-0.39, 0.29) is 22.6 Å². The van der Waals surface area contributed by atoms with Gasteiger partial charge in [-0.05, 0) is 24.3 Å². The number of anilines is 1. The van der Waals surface area contributed by atoms with Crippen LogP contribution in [0.3, 0.4) is 0 Å². The van der Waals surface area contributed by atoms with Gasteiger partial charge in [-0.15, -0.1) is 0 Å². The SMILES string of the molecule is COc1cc(N=S(=O)(O)c2ccc(N)cc2)nc(OC)n1. The monoisotopic (exact) mass is 310 g/mol. The minimum Gasteiger partial charge on any atom is -0.481 e. The van der Waals surface area contributed by atoms with E-state index < -0.39 is 10.0 Å². The maximum atomic E-state index is 12.3. The van der Waals surface area contributed by atoms with Crippen LogP contribution in [-0.2, 0) is 10.0 Å². The van der Waals surface area contributed by atoms with Crippen LogP contribution >= 0.6 is 0 Å². The van der Waals surface area contributed by atoms with Gasteiger partial charge in [0.25, 0.3) is 0 Å². The Hall–Kier alpha value is -2.39. The molecule has 2 aromatic rings. The number of hydrogen-bond acceptors (Lipinski definition) is 7. The van der Waals surface area contributed by atoms with Crippen LogP contribution in [0.2, 0.25) is 0 Å². The summed E-state index contributed by atoms with van der Waals surface area (Å²) in [7, 11) is -0.888. The lowest BCUT2D eigenvalue weighted by Gasteiger charge is -2.05. The lowest BCUT2D eigenvalue weighted by molar-refractivity contribution is 0.352. The number of aromatic nitrogens is 2. The molecule has 2 rings (SSSR count). The molecule has 0 spiro atoms. The fourth-order valence-electron chi connectivity index (χ4n) is 1.46. The van der Waals surface area contributed by atoms with Crippen molar-refractivity contribution in [3.05, 3.63) is 30.3 Å². The van der Waals surface area contributed by atoms with Crippen LogP contribution in [0.15, 0.2) is 39.6 Å². The van der Waals surface area contributed by atoms with Gasteiger partial charge in [-0.2, -0.15) is 14.3 Å². The number of rotatable bonds is 4. The molecule has 0 bridgehead atoms. The molecule has 3 N–H and O–H groups in total. The fraction of sp³-hybridized carbons (Fsp3) is 0.167. The van der Waals surface area contributed by atoms with Crippen molar-refractivity contribution in [2.24, 2.45) is 4.36 Å². The summed E-state index contributed by atoms with van der Waals surface area (Å²) in [5, 5.41) is 0. The summed E-state index contributed by atoms with van der Waals surface area (Å²) in [6, 6.07) is 7.20. The molecule has 0 amide bonds. The van der Waals surface area contributed by atoms with Gasteiger partial charge in [-0.25, -0.2) is 4.21 Å². The summed E-state index contributed by atoms with van der Waals surface area (Å²) < 4.78 is 35.9. The highest BCUT2D eigenvalue weighted by atomic mass is 32.2. The molecule has 0 aliphatic heterocycles. The molecule has 0 fully saturated rings.